The van der Waals surface area contributed by atoms with Gasteiger partial charge in [-0.05, 0) is 52.0 Å². The molecule has 0 aromatic heterocycles. The van der Waals surface area contributed by atoms with E-state index in [1.807, 2.05) is 48.5 Å². The highest BCUT2D eigenvalue weighted by Gasteiger charge is 2.35. The van der Waals surface area contributed by atoms with Crippen LogP contribution in [0.3, 0.4) is 0 Å². The van der Waals surface area contributed by atoms with Crippen LogP contribution in [0.25, 0.3) is 21.9 Å². The molecule has 4 aromatic rings. The van der Waals surface area contributed by atoms with Crippen molar-refractivity contribution in [2.45, 2.75) is 66.4 Å². The van der Waals surface area contributed by atoms with E-state index in [1.165, 1.54) is 0 Å². The SMILES string of the molecule is CCC(C)(C)C(CC(C)(C)C)c1cccc2c(C(=O)OC3c4ccccc4-c4ccccc43)ccc(O)c12. The molecule has 196 valence electrons. The molecule has 1 N–H and O–H groups in total. The number of aromatic hydroxyl groups is 1. The number of esters is 1. The monoisotopic (exact) mass is 506 g/mol. The number of rotatable bonds is 6. The summed E-state index contributed by atoms with van der Waals surface area (Å²) in [4.78, 5) is 13.8. The van der Waals surface area contributed by atoms with Crippen molar-refractivity contribution in [3.8, 4) is 16.9 Å². The molecule has 0 saturated heterocycles. The highest BCUT2D eigenvalue weighted by molar-refractivity contribution is 6.07. The van der Waals surface area contributed by atoms with Gasteiger partial charge in [-0.2, -0.15) is 0 Å². The van der Waals surface area contributed by atoms with Crippen molar-refractivity contribution in [3.05, 3.63) is 101 Å². The number of benzene rings is 4. The fraction of sp³-hybridized carbons (Fsp3) is 0.343. The molecule has 1 aliphatic rings. The summed E-state index contributed by atoms with van der Waals surface area (Å²) < 4.78 is 6.25. The molecule has 0 saturated carbocycles. The van der Waals surface area contributed by atoms with E-state index >= 15 is 0 Å². The number of phenolic OH excluding ortho intramolecular Hbond substituents is 1. The van der Waals surface area contributed by atoms with Crippen LogP contribution in [0, 0.1) is 10.8 Å². The number of carbonyl (C=O) groups is 1. The summed E-state index contributed by atoms with van der Waals surface area (Å²) in [5.74, 6) is 0.0299. The predicted octanol–water partition coefficient (Wildman–Crippen LogP) is 9.43. The topological polar surface area (TPSA) is 46.5 Å². The Morgan fingerprint density at radius 3 is 2.03 bits per heavy atom. The molecule has 1 atom stereocenters. The van der Waals surface area contributed by atoms with Crippen molar-refractivity contribution in [1.29, 1.82) is 0 Å². The molecule has 0 spiro atoms. The molecular formula is C35H38O3. The summed E-state index contributed by atoms with van der Waals surface area (Å²) in [5, 5.41) is 12.6. The van der Waals surface area contributed by atoms with Gasteiger partial charge in [-0.25, -0.2) is 4.79 Å². The van der Waals surface area contributed by atoms with Crippen LogP contribution in [0.1, 0.15) is 93.5 Å². The van der Waals surface area contributed by atoms with Gasteiger partial charge in [-0.15, -0.1) is 0 Å². The largest absolute Gasteiger partial charge is 0.507 e. The Hall–Kier alpha value is -3.59. The summed E-state index contributed by atoms with van der Waals surface area (Å²) in [6.45, 7) is 13.6. The normalized spacial score (nSPS) is 14.3. The molecule has 0 heterocycles. The molecular weight excluding hydrogens is 468 g/mol. The first-order chi connectivity index (χ1) is 18.0. The van der Waals surface area contributed by atoms with E-state index in [9.17, 15) is 9.90 Å². The minimum absolute atomic E-state index is 0.0157. The summed E-state index contributed by atoms with van der Waals surface area (Å²) in [5.41, 5.74) is 5.90. The first-order valence-electron chi connectivity index (χ1n) is 13.7. The van der Waals surface area contributed by atoms with Gasteiger partial charge in [0.15, 0.2) is 6.10 Å². The molecule has 1 aliphatic carbocycles. The van der Waals surface area contributed by atoms with Gasteiger partial charge >= 0.3 is 5.97 Å². The Kier molecular flexibility index (Phi) is 6.59. The summed E-state index contributed by atoms with van der Waals surface area (Å²) in [7, 11) is 0. The van der Waals surface area contributed by atoms with Crippen molar-refractivity contribution in [3.63, 3.8) is 0 Å². The maximum Gasteiger partial charge on any atom is 0.339 e. The van der Waals surface area contributed by atoms with E-state index < -0.39 is 6.10 Å². The Labute approximate surface area is 226 Å². The van der Waals surface area contributed by atoms with E-state index in [2.05, 4.69) is 59.7 Å². The lowest BCUT2D eigenvalue weighted by molar-refractivity contribution is 0.0388. The van der Waals surface area contributed by atoms with Crippen molar-refractivity contribution in [2.24, 2.45) is 10.8 Å². The molecule has 0 radical (unpaired) electrons. The van der Waals surface area contributed by atoms with Crippen LogP contribution in [0.4, 0.5) is 0 Å². The minimum Gasteiger partial charge on any atom is -0.507 e. The summed E-state index contributed by atoms with van der Waals surface area (Å²) in [6.07, 6.45) is 1.51. The second kappa shape index (κ2) is 9.62. The van der Waals surface area contributed by atoms with Crippen molar-refractivity contribution in [2.75, 3.05) is 0 Å². The van der Waals surface area contributed by atoms with E-state index in [1.54, 1.807) is 12.1 Å². The van der Waals surface area contributed by atoms with Crippen LogP contribution in [-0.2, 0) is 4.74 Å². The lowest BCUT2D eigenvalue weighted by Gasteiger charge is -2.39. The van der Waals surface area contributed by atoms with Gasteiger partial charge in [-0.1, -0.05) is 115 Å². The zero-order chi connectivity index (χ0) is 27.2. The fourth-order valence-corrected chi connectivity index (χ4v) is 5.96. The maximum absolute atomic E-state index is 13.8. The van der Waals surface area contributed by atoms with Crippen molar-refractivity contribution in [1.82, 2.24) is 0 Å². The third-order valence-corrected chi connectivity index (χ3v) is 8.32. The molecule has 0 amide bonds. The zero-order valence-electron chi connectivity index (χ0n) is 23.3. The van der Waals surface area contributed by atoms with E-state index in [0.717, 1.165) is 51.4 Å². The zero-order valence-corrected chi connectivity index (χ0v) is 23.3. The van der Waals surface area contributed by atoms with Crippen molar-refractivity contribution >= 4 is 16.7 Å². The third-order valence-electron chi connectivity index (χ3n) is 8.32. The highest BCUT2D eigenvalue weighted by Crippen LogP contribution is 2.49. The molecule has 5 rings (SSSR count). The van der Waals surface area contributed by atoms with Gasteiger partial charge in [0.1, 0.15) is 5.75 Å². The van der Waals surface area contributed by atoms with Crippen LogP contribution >= 0.6 is 0 Å². The van der Waals surface area contributed by atoms with Crippen LogP contribution in [0.15, 0.2) is 78.9 Å². The van der Waals surface area contributed by atoms with Crippen LogP contribution < -0.4 is 0 Å². The minimum atomic E-state index is -0.463. The number of phenols is 1. The first-order valence-corrected chi connectivity index (χ1v) is 13.7. The summed E-state index contributed by atoms with van der Waals surface area (Å²) in [6, 6.07) is 25.6. The number of ether oxygens (including phenoxy) is 1. The molecule has 38 heavy (non-hydrogen) atoms. The fourth-order valence-electron chi connectivity index (χ4n) is 5.96. The molecule has 4 aromatic carbocycles. The highest BCUT2D eigenvalue weighted by atomic mass is 16.5. The van der Waals surface area contributed by atoms with Gasteiger partial charge in [0.25, 0.3) is 0 Å². The van der Waals surface area contributed by atoms with Crippen LogP contribution in [-0.4, -0.2) is 11.1 Å². The number of carbonyl (C=O) groups excluding carboxylic acids is 1. The lowest BCUT2D eigenvalue weighted by atomic mass is 9.66. The van der Waals surface area contributed by atoms with E-state index in [4.69, 9.17) is 4.74 Å². The maximum atomic E-state index is 13.8. The smallest absolute Gasteiger partial charge is 0.339 e. The molecule has 0 aliphatic heterocycles. The van der Waals surface area contributed by atoms with Gasteiger partial charge in [0, 0.05) is 21.9 Å². The van der Waals surface area contributed by atoms with E-state index in [-0.39, 0.29) is 28.5 Å². The quantitative estimate of drug-likeness (QED) is 0.265. The standard InChI is InChI=1S/C35H38O3/c1-7-35(5,6)29(21-34(2,3)4)28-18-12-17-24-27(19-20-30(36)31(24)28)33(37)38-32-25-15-10-8-13-22(25)23-14-9-11-16-26(23)32/h8-20,29,32,36H,7,21H2,1-6H3. The van der Waals surface area contributed by atoms with Gasteiger partial charge in [0.05, 0.1) is 5.56 Å². The second-order valence-electron chi connectivity index (χ2n) is 12.5. The molecule has 3 heteroatoms. The first kappa shape index (κ1) is 26.0. The summed E-state index contributed by atoms with van der Waals surface area (Å²) >= 11 is 0. The number of hydrogen-bond acceptors (Lipinski definition) is 3. The Bertz CT molecular complexity index is 1460. The van der Waals surface area contributed by atoms with Gasteiger partial charge < -0.3 is 9.84 Å². The lowest BCUT2D eigenvalue weighted by Crippen LogP contribution is -2.26. The average Bonchev–Trinajstić information content (AvgIpc) is 3.20. The Morgan fingerprint density at radius 2 is 1.45 bits per heavy atom. The van der Waals surface area contributed by atoms with Crippen LogP contribution in [0.2, 0.25) is 0 Å². The third kappa shape index (κ3) is 4.60. The Balaban J connectivity index is 1.60. The number of hydrogen-bond donors (Lipinski definition) is 1. The van der Waals surface area contributed by atoms with Gasteiger partial charge in [0.2, 0.25) is 0 Å². The van der Waals surface area contributed by atoms with Crippen molar-refractivity contribution < 1.29 is 14.6 Å². The van der Waals surface area contributed by atoms with Gasteiger partial charge in [-0.3, -0.25) is 0 Å². The van der Waals surface area contributed by atoms with Crippen LogP contribution in [0.5, 0.6) is 5.75 Å². The second-order valence-corrected chi connectivity index (χ2v) is 12.5. The molecule has 0 bridgehead atoms. The molecule has 3 nitrogen and oxygen atoms in total. The molecule has 1 unspecified atom stereocenters. The average molecular weight is 507 g/mol. The number of fused-ring (bicyclic) bond motifs is 4. The Morgan fingerprint density at radius 1 is 0.842 bits per heavy atom. The molecule has 0 fully saturated rings. The van der Waals surface area contributed by atoms with E-state index in [0.29, 0.717) is 5.56 Å². The predicted molar refractivity (Wildman–Crippen MR) is 156 cm³/mol.